The minimum absolute atomic E-state index is 0.153. The Morgan fingerprint density at radius 1 is 1.21 bits per heavy atom. The SMILES string of the molecule is CCOC(=O)COc1c(C(=O)OC)sc(-c2ccc(O)cc2)c1C. The largest absolute Gasteiger partial charge is 0.508 e. The molecule has 24 heavy (non-hydrogen) atoms. The van der Waals surface area contributed by atoms with Gasteiger partial charge in [0, 0.05) is 10.4 Å². The molecule has 0 bridgehead atoms. The van der Waals surface area contributed by atoms with Crippen LogP contribution in [-0.4, -0.2) is 37.4 Å². The second kappa shape index (κ2) is 7.83. The minimum Gasteiger partial charge on any atom is -0.508 e. The van der Waals surface area contributed by atoms with E-state index < -0.39 is 11.9 Å². The zero-order valence-electron chi connectivity index (χ0n) is 13.6. The van der Waals surface area contributed by atoms with Crippen LogP contribution in [0, 0.1) is 6.92 Å². The van der Waals surface area contributed by atoms with Crippen molar-refractivity contribution in [2.24, 2.45) is 0 Å². The topological polar surface area (TPSA) is 82.1 Å². The summed E-state index contributed by atoms with van der Waals surface area (Å²) >= 11 is 1.21. The van der Waals surface area contributed by atoms with Crippen LogP contribution in [-0.2, 0) is 14.3 Å². The van der Waals surface area contributed by atoms with Crippen molar-refractivity contribution in [2.75, 3.05) is 20.3 Å². The number of phenols is 1. The van der Waals surface area contributed by atoms with Crippen molar-refractivity contribution in [1.82, 2.24) is 0 Å². The number of ether oxygens (including phenoxy) is 3. The summed E-state index contributed by atoms with van der Waals surface area (Å²) in [7, 11) is 1.28. The number of aromatic hydroxyl groups is 1. The van der Waals surface area contributed by atoms with Gasteiger partial charge >= 0.3 is 11.9 Å². The lowest BCUT2D eigenvalue weighted by molar-refractivity contribution is -0.145. The number of phenolic OH excluding ortho intramolecular Hbond substituents is 1. The highest BCUT2D eigenvalue weighted by Crippen LogP contribution is 2.42. The summed E-state index contributed by atoms with van der Waals surface area (Å²) in [6, 6.07) is 6.60. The van der Waals surface area contributed by atoms with Gasteiger partial charge in [0.25, 0.3) is 0 Å². The Labute approximate surface area is 143 Å². The van der Waals surface area contributed by atoms with E-state index in [1.165, 1.54) is 18.4 Å². The number of benzene rings is 1. The molecule has 1 aromatic heterocycles. The van der Waals surface area contributed by atoms with Gasteiger partial charge in [-0.15, -0.1) is 11.3 Å². The molecule has 0 spiro atoms. The average molecular weight is 350 g/mol. The maximum atomic E-state index is 12.0. The fourth-order valence-electron chi connectivity index (χ4n) is 2.12. The molecule has 2 aromatic rings. The van der Waals surface area contributed by atoms with E-state index in [0.29, 0.717) is 5.75 Å². The van der Waals surface area contributed by atoms with Gasteiger partial charge in [0.05, 0.1) is 13.7 Å². The lowest BCUT2D eigenvalue weighted by Gasteiger charge is -2.07. The highest BCUT2D eigenvalue weighted by atomic mass is 32.1. The van der Waals surface area contributed by atoms with Gasteiger partial charge in [-0.25, -0.2) is 9.59 Å². The predicted octanol–water partition coefficient (Wildman–Crippen LogP) is 3.16. The molecule has 0 saturated carbocycles. The van der Waals surface area contributed by atoms with E-state index >= 15 is 0 Å². The van der Waals surface area contributed by atoms with Gasteiger partial charge in [-0.1, -0.05) is 0 Å². The van der Waals surface area contributed by atoms with Gasteiger partial charge in [-0.05, 0) is 43.7 Å². The van der Waals surface area contributed by atoms with Crippen LogP contribution >= 0.6 is 11.3 Å². The van der Waals surface area contributed by atoms with Crippen molar-refractivity contribution in [3.63, 3.8) is 0 Å². The average Bonchev–Trinajstić information content (AvgIpc) is 2.90. The first-order valence-electron chi connectivity index (χ1n) is 7.27. The molecule has 0 aliphatic heterocycles. The standard InChI is InChI=1S/C17H18O6S/c1-4-22-13(19)9-23-14-10(2)15(24-16(14)17(20)21-3)11-5-7-12(18)8-6-11/h5-8,18H,4,9H2,1-3H3. The summed E-state index contributed by atoms with van der Waals surface area (Å²) in [4.78, 5) is 24.6. The quantitative estimate of drug-likeness (QED) is 0.806. The van der Waals surface area contributed by atoms with Crippen molar-refractivity contribution in [3.05, 3.63) is 34.7 Å². The number of thiophene rings is 1. The molecule has 0 amide bonds. The summed E-state index contributed by atoms with van der Waals surface area (Å²) in [5.74, 6) is -0.583. The fraction of sp³-hybridized carbons (Fsp3) is 0.294. The zero-order valence-corrected chi connectivity index (χ0v) is 14.4. The molecule has 2 rings (SSSR count). The summed E-state index contributed by atoms with van der Waals surface area (Å²) in [6.45, 7) is 3.47. The number of hydrogen-bond acceptors (Lipinski definition) is 7. The van der Waals surface area contributed by atoms with Crippen molar-refractivity contribution in [3.8, 4) is 21.9 Å². The van der Waals surface area contributed by atoms with Crippen LogP contribution in [0.2, 0.25) is 0 Å². The Bertz CT molecular complexity index is 732. The van der Waals surface area contributed by atoms with Gasteiger partial charge in [-0.3, -0.25) is 0 Å². The molecule has 1 aromatic carbocycles. The zero-order chi connectivity index (χ0) is 17.7. The lowest BCUT2D eigenvalue weighted by Crippen LogP contribution is -2.15. The summed E-state index contributed by atoms with van der Waals surface area (Å²) in [5, 5.41) is 9.41. The molecule has 0 aliphatic rings. The second-order valence-electron chi connectivity index (χ2n) is 4.85. The number of carbonyl (C=O) groups excluding carboxylic acids is 2. The molecule has 0 atom stereocenters. The highest BCUT2D eigenvalue weighted by molar-refractivity contribution is 7.18. The molecule has 0 saturated heterocycles. The Morgan fingerprint density at radius 3 is 2.46 bits per heavy atom. The smallest absolute Gasteiger partial charge is 0.351 e. The second-order valence-corrected chi connectivity index (χ2v) is 5.87. The third kappa shape index (κ3) is 3.86. The summed E-state index contributed by atoms with van der Waals surface area (Å²) in [5.41, 5.74) is 1.54. The molecule has 0 aliphatic carbocycles. The first kappa shape index (κ1) is 17.8. The first-order chi connectivity index (χ1) is 11.5. The molecule has 1 N–H and O–H groups in total. The molecule has 0 fully saturated rings. The van der Waals surface area contributed by atoms with E-state index in [-0.39, 0.29) is 23.8 Å². The third-order valence-corrected chi connectivity index (χ3v) is 4.53. The molecule has 128 valence electrons. The maximum Gasteiger partial charge on any atom is 0.351 e. The minimum atomic E-state index is -0.535. The Morgan fingerprint density at radius 2 is 1.88 bits per heavy atom. The highest BCUT2D eigenvalue weighted by Gasteiger charge is 2.24. The molecule has 7 heteroatoms. The number of hydrogen-bond donors (Lipinski definition) is 1. The van der Waals surface area contributed by atoms with Crippen LogP contribution in [0.5, 0.6) is 11.5 Å². The molecule has 1 heterocycles. The van der Waals surface area contributed by atoms with Crippen LogP contribution in [0.1, 0.15) is 22.2 Å². The van der Waals surface area contributed by atoms with Crippen LogP contribution < -0.4 is 4.74 Å². The summed E-state index contributed by atoms with van der Waals surface area (Å²) < 4.78 is 15.1. The Balaban J connectivity index is 2.38. The lowest BCUT2D eigenvalue weighted by atomic mass is 10.1. The van der Waals surface area contributed by atoms with Crippen molar-refractivity contribution < 1.29 is 28.9 Å². The fourth-order valence-corrected chi connectivity index (χ4v) is 3.30. The number of methoxy groups -OCH3 is 1. The molecule has 6 nitrogen and oxygen atoms in total. The summed E-state index contributed by atoms with van der Waals surface area (Å²) in [6.07, 6.45) is 0. The van der Waals surface area contributed by atoms with E-state index in [1.807, 2.05) is 0 Å². The van der Waals surface area contributed by atoms with Crippen LogP contribution in [0.15, 0.2) is 24.3 Å². The van der Waals surface area contributed by atoms with E-state index in [2.05, 4.69) is 0 Å². The molecule has 0 unspecified atom stereocenters. The third-order valence-electron chi connectivity index (χ3n) is 3.23. The number of rotatable bonds is 6. The Hall–Kier alpha value is -2.54. The van der Waals surface area contributed by atoms with E-state index in [0.717, 1.165) is 16.0 Å². The molecular weight excluding hydrogens is 332 g/mol. The van der Waals surface area contributed by atoms with Crippen LogP contribution in [0.3, 0.4) is 0 Å². The Kier molecular flexibility index (Phi) is 5.81. The van der Waals surface area contributed by atoms with Crippen LogP contribution in [0.4, 0.5) is 0 Å². The van der Waals surface area contributed by atoms with Crippen LogP contribution in [0.25, 0.3) is 10.4 Å². The van der Waals surface area contributed by atoms with Gasteiger partial charge in [-0.2, -0.15) is 0 Å². The van der Waals surface area contributed by atoms with E-state index in [9.17, 15) is 14.7 Å². The number of esters is 2. The first-order valence-corrected chi connectivity index (χ1v) is 8.09. The van der Waals surface area contributed by atoms with E-state index in [4.69, 9.17) is 14.2 Å². The maximum absolute atomic E-state index is 12.0. The van der Waals surface area contributed by atoms with E-state index in [1.54, 1.807) is 38.1 Å². The van der Waals surface area contributed by atoms with Gasteiger partial charge < -0.3 is 19.3 Å². The van der Waals surface area contributed by atoms with Gasteiger partial charge in [0.2, 0.25) is 0 Å². The normalized spacial score (nSPS) is 10.3. The predicted molar refractivity (Wildman–Crippen MR) is 89.6 cm³/mol. The van der Waals surface area contributed by atoms with Gasteiger partial charge in [0.15, 0.2) is 11.5 Å². The van der Waals surface area contributed by atoms with Crippen molar-refractivity contribution in [1.29, 1.82) is 0 Å². The van der Waals surface area contributed by atoms with Crippen molar-refractivity contribution >= 4 is 23.3 Å². The molecular formula is C17H18O6S. The monoisotopic (exact) mass is 350 g/mol. The van der Waals surface area contributed by atoms with Gasteiger partial charge in [0.1, 0.15) is 11.5 Å². The van der Waals surface area contributed by atoms with Crippen molar-refractivity contribution in [2.45, 2.75) is 13.8 Å². The number of carbonyl (C=O) groups is 2. The molecule has 0 radical (unpaired) electrons.